The molecule has 2 aliphatic rings. The lowest BCUT2D eigenvalue weighted by Crippen LogP contribution is -2.47. The van der Waals surface area contributed by atoms with E-state index in [0.29, 0.717) is 6.04 Å². The Labute approximate surface area is 123 Å². The summed E-state index contributed by atoms with van der Waals surface area (Å²) in [5.74, 6) is 1.74. The van der Waals surface area contributed by atoms with Gasteiger partial charge in [-0.3, -0.25) is 4.90 Å². The maximum absolute atomic E-state index is 6.14. The molecule has 2 heteroatoms. The molecule has 1 aromatic carbocycles. The highest BCUT2D eigenvalue weighted by Crippen LogP contribution is 2.38. The van der Waals surface area contributed by atoms with Gasteiger partial charge in [0.15, 0.2) is 0 Å². The van der Waals surface area contributed by atoms with E-state index in [1.165, 1.54) is 43.4 Å². The third-order valence-electron chi connectivity index (χ3n) is 5.72. The van der Waals surface area contributed by atoms with Crippen molar-refractivity contribution in [2.24, 2.45) is 17.6 Å². The third kappa shape index (κ3) is 2.51. The fourth-order valence-corrected chi connectivity index (χ4v) is 4.19. The van der Waals surface area contributed by atoms with Crippen LogP contribution in [0, 0.1) is 11.8 Å². The van der Waals surface area contributed by atoms with E-state index in [-0.39, 0.29) is 0 Å². The van der Waals surface area contributed by atoms with Crippen LogP contribution in [0.2, 0.25) is 0 Å². The first kappa shape index (κ1) is 14.1. The van der Waals surface area contributed by atoms with E-state index in [1.54, 1.807) is 0 Å². The molecule has 0 bridgehead atoms. The summed E-state index contributed by atoms with van der Waals surface area (Å²) in [6.07, 6.45) is 5.26. The summed E-state index contributed by atoms with van der Waals surface area (Å²) < 4.78 is 0. The van der Waals surface area contributed by atoms with Gasteiger partial charge in [0, 0.05) is 25.2 Å². The highest BCUT2D eigenvalue weighted by Gasteiger charge is 2.34. The van der Waals surface area contributed by atoms with Crippen LogP contribution in [0.1, 0.15) is 50.3 Å². The monoisotopic (exact) mass is 272 g/mol. The Kier molecular flexibility index (Phi) is 4.13. The van der Waals surface area contributed by atoms with Crippen molar-refractivity contribution in [1.29, 1.82) is 0 Å². The summed E-state index contributed by atoms with van der Waals surface area (Å²) in [6.45, 7) is 6.76. The Morgan fingerprint density at radius 2 is 1.95 bits per heavy atom. The number of nitrogens with two attached hydrogens (primary N) is 1. The minimum atomic E-state index is 0.436. The van der Waals surface area contributed by atoms with Crippen molar-refractivity contribution in [2.75, 3.05) is 13.1 Å². The topological polar surface area (TPSA) is 29.3 Å². The third-order valence-corrected chi connectivity index (χ3v) is 5.72. The number of hydrogen-bond donors (Lipinski definition) is 1. The van der Waals surface area contributed by atoms with E-state index in [0.717, 1.165) is 24.4 Å². The summed E-state index contributed by atoms with van der Waals surface area (Å²) in [5.41, 5.74) is 9.13. The van der Waals surface area contributed by atoms with Crippen LogP contribution >= 0.6 is 0 Å². The molecule has 110 valence electrons. The van der Waals surface area contributed by atoms with Gasteiger partial charge >= 0.3 is 0 Å². The molecule has 0 spiro atoms. The van der Waals surface area contributed by atoms with E-state index in [4.69, 9.17) is 5.73 Å². The lowest BCUT2D eigenvalue weighted by Gasteiger charge is -2.45. The molecule has 0 saturated heterocycles. The van der Waals surface area contributed by atoms with Crippen LogP contribution in [0.3, 0.4) is 0 Å². The molecule has 0 aromatic heterocycles. The first-order chi connectivity index (χ1) is 9.70. The van der Waals surface area contributed by atoms with Gasteiger partial charge in [-0.05, 0) is 48.6 Å². The first-order valence-electron chi connectivity index (χ1n) is 8.24. The van der Waals surface area contributed by atoms with Crippen LogP contribution in [0.25, 0.3) is 0 Å². The molecule has 1 heterocycles. The van der Waals surface area contributed by atoms with Gasteiger partial charge in [-0.1, -0.05) is 38.1 Å². The number of rotatable bonds is 2. The SMILES string of the molecule is CC1CCC(N2CCc3ccccc3C2CN)CC1C. The molecule has 1 aliphatic carbocycles. The van der Waals surface area contributed by atoms with Gasteiger partial charge in [0.05, 0.1) is 0 Å². The van der Waals surface area contributed by atoms with Crippen LogP contribution in [-0.4, -0.2) is 24.0 Å². The average molecular weight is 272 g/mol. The fraction of sp³-hybridized carbons (Fsp3) is 0.667. The molecule has 4 atom stereocenters. The molecule has 3 rings (SSSR count). The first-order valence-corrected chi connectivity index (χ1v) is 8.24. The van der Waals surface area contributed by atoms with E-state index in [2.05, 4.69) is 43.0 Å². The zero-order valence-corrected chi connectivity index (χ0v) is 12.9. The molecule has 1 aromatic rings. The highest BCUT2D eigenvalue weighted by molar-refractivity contribution is 5.33. The Bertz CT molecular complexity index is 456. The van der Waals surface area contributed by atoms with Crippen LogP contribution in [0.15, 0.2) is 24.3 Å². The zero-order valence-electron chi connectivity index (χ0n) is 12.9. The Hall–Kier alpha value is -0.860. The second-order valence-electron chi connectivity index (χ2n) is 6.86. The van der Waals surface area contributed by atoms with Crippen LogP contribution < -0.4 is 5.73 Å². The average Bonchev–Trinajstić information content (AvgIpc) is 2.49. The minimum Gasteiger partial charge on any atom is -0.329 e. The maximum atomic E-state index is 6.14. The summed E-state index contributed by atoms with van der Waals surface area (Å²) in [7, 11) is 0. The van der Waals surface area contributed by atoms with Crippen molar-refractivity contribution in [3.8, 4) is 0 Å². The van der Waals surface area contributed by atoms with Crippen LogP contribution in [0.5, 0.6) is 0 Å². The van der Waals surface area contributed by atoms with Crippen LogP contribution in [-0.2, 0) is 6.42 Å². The Balaban J connectivity index is 1.81. The Morgan fingerprint density at radius 3 is 2.70 bits per heavy atom. The molecule has 1 aliphatic heterocycles. The van der Waals surface area contributed by atoms with Gasteiger partial charge < -0.3 is 5.73 Å². The fourth-order valence-electron chi connectivity index (χ4n) is 4.19. The van der Waals surface area contributed by atoms with Crippen molar-refractivity contribution >= 4 is 0 Å². The number of fused-ring (bicyclic) bond motifs is 1. The molecule has 2 nitrogen and oxygen atoms in total. The van der Waals surface area contributed by atoms with Gasteiger partial charge in [-0.15, -0.1) is 0 Å². The molecular weight excluding hydrogens is 244 g/mol. The highest BCUT2D eigenvalue weighted by atomic mass is 15.2. The number of benzene rings is 1. The largest absolute Gasteiger partial charge is 0.329 e. The molecule has 1 fully saturated rings. The molecular formula is C18H28N2. The van der Waals surface area contributed by atoms with E-state index in [1.807, 2.05) is 0 Å². The van der Waals surface area contributed by atoms with Gasteiger partial charge in [0.1, 0.15) is 0 Å². The van der Waals surface area contributed by atoms with E-state index in [9.17, 15) is 0 Å². The van der Waals surface area contributed by atoms with E-state index >= 15 is 0 Å². The smallest absolute Gasteiger partial charge is 0.0476 e. The Morgan fingerprint density at radius 1 is 1.15 bits per heavy atom. The van der Waals surface area contributed by atoms with E-state index < -0.39 is 0 Å². The van der Waals surface area contributed by atoms with Gasteiger partial charge in [0.2, 0.25) is 0 Å². The number of hydrogen-bond acceptors (Lipinski definition) is 2. The lowest BCUT2D eigenvalue weighted by molar-refractivity contribution is 0.0671. The standard InChI is InChI=1S/C18H28N2/c1-13-7-8-16(11-14(13)2)20-10-9-15-5-3-4-6-17(15)18(20)12-19/h3-6,13-14,16,18H,7-12,19H2,1-2H3. The normalized spacial score (nSPS) is 34.8. The molecule has 0 amide bonds. The maximum Gasteiger partial charge on any atom is 0.0476 e. The molecule has 1 saturated carbocycles. The minimum absolute atomic E-state index is 0.436. The van der Waals surface area contributed by atoms with Gasteiger partial charge in [-0.25, -0.2) is 0 Å². The summed E-state index contributed by atoms with van der Waals surface area (Å²) >= 11 is 0. The molecule has 0 radical (unpaired) electrons. The second-order valence-corrected chi connectivity index (χ2v) is 6.86. The second kappa shape index (κ2) is 5.87. The van der Waals surface area contributed by atoms with Crippen molar-refractivity contribution < 1.29 is 0 Å². The van der Waals surface area contributed by atoms with Gasteiger partial charge in [-0.2, -0.15) is 0 Å². The molecule has 4 unspecified atom stereocenters. The van der Waals surface area contributed by atoms with Crippen molar-refractivity contribution in [2.45, 2.75) is 51.6 Å². The summed E-state index contributed by atoms with van der Waals surface area (Å²) in [4.78, 5) is 2.71. The molecule has 2 N–H and O–H groups in total. The predicted octanol–water partition coefficient (Wildman–Crippen LogP) is 3.37. The van der Waals surface area contributed by atoms with Crippen molar-refractivity contribution in [3.63, 3.8) is 0 Å². The lowest BCUT2D eigenvalue weighted by atomic mass is 9.77. The van der Waals surface area contributed by atoms with Gasteiger partial charge in [0.25, 0.3) is 0 Å². The van der Waals surface area contributed by atoms with Crippen LogP contribution in [0.4, 0.5) is 0 Å². The zero-order chi connectivity index (χ0) is 14.1. The van der Waals surface area contributed by atoms with Crippen molar-refractivity contribution in [3.05, 3.63) is 35.4 Å². The summed E-state index contributed by atoms with van der Waals surface area (Å²) in [6, 6.07) is 10.1. The molecule has 20 heavy (non-hydrogen) atoms. The van der Waals surface area contributed by atoms with Crippen molar-refractivity contribution in [1.82, 2.24) is 4.90 Å². The summed E-state index contributed by atoms with van der Waals surface area (Å²) in [5, 5.41) is 0. The predicted molar refractivity (Wildman–Crippen MR) is 84.6 cm³/mol. The quantitative estimate of drug-likeness (QED) is 0.894. The number of nitrogens with zero attached hydrogens (tertiary/aromatic N) is 1.